The van der Waals surface area contributed by atoms with Gasteiger partial charge < -0.3 is 10.4 Å². The first-order valence-corrected chi connectivity index (χ1v) is 8.44. The van der Waals surface area contributed by atoms with E-state index in [1.165, 1.54) is 6.33 Å². The van der Waals surface area contributed by atoms with Crippen LogP contribution in [0.5, 0.6) is 0 Å². The van der Waals surface area contributed by atoms with Gasteiger partial charge in [-0.1, -0.05) is 49.6 Å². The summed E-state index contributed by atoms with van der Waals surface area (Å²) >= 11 is 0. The van der Waals surface area contributed by atoms with Crippen LogP contribution >= 0.6 is 0 Å². The fourth-order valence-corrected chi connectivity index (χ4v) is 3.43. The van der Waals surface area contributed by atoms with E-state index in [0.717, 1.165) is 24.8 Å². The highest BCUT2D eigenvalue weighted by molar-refractivity contribution is 5.84. The van der Waals surface area contributed by atoms with Gasteiger partial charge in [-0.05, 0) is 35.3 Å². The van der Waals surface area contributed by atoms with Crippen LogP contribution in [0.3, 0.4) is 0 Å². The van der Waals surface area contributed by atoms with Crippen molar-refractivity contribution in [2.75, 3.05) is 6.61 Å². The highest BCUT2D eigenvalue weighted by Gasteiger charge is 2.43. The van der Waals surface area contributed by atoms with Crippen LogP contribution in [-0.2, 0) is 16.8 Å². The minimum atomic E-state index is -0.744. The quantitative estimate of drug-likeness (QED) is 0.826. The lowest BCUT2D eigenvalue weighted by atomic mass is 9.80. The molecule has 1 aliphatic carbocycles. The molecule has 0 unspecified atom stereocenters. The summed E-state index contributed by atoms with van der Waals surface area (Å²) in [6.45, 7) is -0.105. The summed E-state index contributed by atoms with van der Waals surface area (Å²) in [7, 11) is 0. The van der Waals surface area contributed by atoms with Crippen molar-refractivity contribution in [2.24, 2.45) is 0 Å². The molecule has 1 amide bonds. The predicted molar refractivity (Wildman–Crippen MR) is 88.0 cm³/mol. The Kier molecular flexibility index (Phi) is 5.20. The molecule has 1 atom stereocenters. The molecule has 7 nitrogen and oxygen atoms in total. The maximum Gasteiger partial charge on any atom is 0.248 e. The SMILES string of the molecule is O=C(N[C@@H](CO)Cc1ccccc1)C1(n2cnnn2)CCCCC1. The number of benzene rings is 1. The van der Waals surface area contributed by atoms with Gasteiger partial charge >= 0.3 is 0 Å². The van der Waals surface area contributed by atoms with Gasteiger partial charge in [0.1, 0.15) is 11.9 Å². The Hall–Kier alpha value is -2.28. The lowest BCUT2D eigenvalue weighted by Crippen LogP contribution is -2.54. The van der Waals surface area contributed by atoms with Crippen LogP contribution in [0.4, 0.5) is 0 Å². The molecule has 24 heavy (non-hydrogen) atoms. The number of tetrazole rings is 1. The number of aliphatic hydroxyl groups excluding tert-OH is 1. The van der Waals surface area contributed by atoms with E-state index in [2.05, 4.69) is 20.8 Å². The number of aliphatic hydroxyl groups is 1. The predicted octanol–water partition coefficient (Wildman–Crippen LogP) is 1.05. The molecule has 0 bridgehead atoms. The van der Waals surface area contributed by atoms with Crippen LogP contribution in [0, 0.1) is 0 Å². The molecule has 1 aromatic carbocycles. The van der Waals surface area contributed by atoms with Gasteiger partial charge in [0.2, 0.25) is 5.91 Å². The molecule has 2 aromatic rings. The Labute approximate surface area is 141 Å². The monoisotopic (exact) mass is 329 g/mol. The van der Waals surface area contributed by atoms with Crippen LogP contribution in [0.2, 0.25) is 0 Å². The van der Waals surface area contributed by atoms with Crippen LogP contribution < -0.4 is 5.32 Å². The van der Waals surface area contributed by atoms with E-state index in [0.29, 0.717) is 19.3 Å². The van der Waals surface area contributed by atoms with Gasteiger partial charge in [-0.2, -0.15) is 0 Å². The molecule has 1 aromatic heterocycles. The first-order valence-electron chi connectivity index (χ1n) is 8.44. The topological polar surface area (TPSA) is 92.9 Å². The largest absolute Gasteiger partial charge is 0.394 e. The Balaban J connectivity index is 1.75. The van der Waals surface area contributed by atoms with Gasteiger partial charge in [0, 0.05) is 0 Å². The summed E-state index contributed by atoms with van der Waals surface area (Å²) < 4.78 is 1.58. The Bertz CT molecular complexity index is 638. The fraction of sp³-hybridized carbons (Fsp3) is 0.529. The molecule has 1 fully saturated rings. The number of hydrogen-bond donors (Lipinski definition) is 2. The number of nitrogens with one attached hydrogen (secondary N) is 1. The summed E-state index contributed by atoms with van der Waals surface area (Å²) in [6, 6.07) is 9.52. The third-order valence-electron chi connectivity index (χ3n) is 4.77. The standard InChI is InChI=1S/C17H23N5O2/c23-12-15(11-14-7-3-1-4-8-14)19-16(24)17(9-5-2-6-10-17)22-13-18-20-21-22/h1,3-4,7-8,13,15,23H,2,5-6,9-12H2,(H,19,24)/t15-/m1/s1. The Morgan fingerprint density at radius 2 is 2.00 bits per heavy atom. The highest BCUT2D eigenvalue weighted by Crippen LogP contribution is 2.34. The zero-order chi connectivity index (χ0) is 16.8. The normalized spacial score (nSPS) is 18.0. The van der Waals surface area contributed by atoms with Crippen molar-refractivity contribution in [3.05, 3.63) is 42.2 Å². The summed E-state index contributed by atoms with van der Waals surface area (Å²) in [5.74, 6) is -0.107. The number of hydrogen-bond acceptors (Lipinski definition) is 5. The van der Waals surface area contributed by atoms with Gasteiger partial charge in [0.15, 0.2) is 0 Å². The molecule has 7 heteroatoms. The maximum absolute atomic E-state index is 13.0. The summed E-state index contributed by atoms with van der Waals surface area (Å²) in [4.78, 5) is 13.0. The zero-order valence-corrected chi connectivity index (χ0v) is 13.6. The third kappa shape index (κ3) is 3.46. The second-order valence-electron chi connectivity index (χ2n) is 6.39. The number of carbonyl (C=O) groups is 1. The number of aromatic nitrogens is 4. The van der Waals surface area contributed by atoms with E-state index in [1.54, 1.807) is 4.68 Å². The summed E-state index contributed by atoms with van der Waals surface area (Å²) in [5.41, 5.74) is 0.336. The second kappa shape index (κ2) is 7.53. The van der Waals surface area contributed by atoms with Gasteiger partial charge in [0.25, 0.3) is 0 Å². The summed E-state index contributed by atoms with van der Waals surface area (Å²) in [5, 5.41) is 24.1. The molecule has 0 saturated heterocycles. The highest BCUT2D eigenvalue weighted by atomic mass is 16.3. The molecular weight excluding hydrogens is 306 g/mol. The van der Waals surface area contributed by atoms with Crippen molar-refractivity contribution < 1.29 is 9.90 Å². The van der Waals surface area contributed by atoms with E-state index in [9.17, 15) is 9.90 Å². The van der Waals surface area contributed by atoms with Crippen molar-refractivity contribution in [3.63, 3.8) is 0 Å². The van der Waals surface area contributed by atoms with Crippen molar-refractivity contribution in [1.82, 2.24) is 25.5 Å². The average Bonchev–Trinajstić information content (AvgIpc) is 3.17. The van der Waals surface area contributed by atoms with Crippen LogP contribution in [0.25, 0.3) is 0 Å². The average molecular weight is 329 g/mol. The molecule has 1 heterocycles. The van der Waals surface area contributed by atoms with E-state index >= 15 is 0 Å². The molecule has 3 rings (SSSR count). The van der Waals surface area contributed by atoms with Gasteiger partial charge in [-0.25, -0.2) is 4.68 Å². The molecule has 0 aliphatic heterocycles. The van der Waals surface area contributed by atoms with Crippen LogP contribution in [0.1, 0.15) is 37.7 Å². The minimum Gasteiger partial charge on any atom is -0.394 e. The number of nitrogens with zero attached hydrogens (tertiary/aromatic N) is 4. The van der Waals surface area contributed by atoms with Gasteiger partial charge in [0.05, 0.1) is 12.6 Å². The summed E-state index contributed by atoms with van der Waals surface area (Å²) in [6.07, 6.45) is 6.58. The van der Waals surface area contributed by atoms with Crippen LogP contribution in [0.15, 0.2) is 36.7 Å². The minimum absolute atomic E-state index is 0.105. The van der Waals surface area contributed by atoms with E-state index in [-0.39, 0.29) is 18.6 Å². The first-order chi connectivity index (χ1) is 11.7. The molecule has 128 valence electrons. The first kappa shape index (κ1) is 16.6. The van der Waals surface area contributed by atoms with Gasteiger partial charge in [-0.3, -0.25) is 4.79 Å². The molecular formula is C17H23N5O2. The van der Waals surface area contributed by atoms with Crippen molar-refractivity contribution in [2.45, 2.75) is 50.1 Å². The number of amides is 1. The van der Waals surface area contributed by atoms with Gasteiger partial charge in [-0.15, -0.1) is 5.10 Å². The lowest BCUT2D eigenvalue weighted by Gasteiger charge is -2.36. The molecule has 0 radical (unpaired) electrons. The van der Waals surface area contributed by atoms with Crippen molar-refractivity contribution in [3.8, 4) is 0 Å². The second-order valence-corrected chi connectivity index (χ2v) is 6.39. The number of carbonyl (C=O) groups excluding carboxylic acids is 1. The van der Waals surface area contributed by atoms with Crippen molar-refractivity contribution >= 4 is 5.91 Å². The maximum atomic E-state index is 13.0. The van der Waals surface area contributed by atoms with E-state index in [4.69, 9.17) is 0 Å². The third-order valence-corrected chi connectivity index (χ3v) is 4.77. The van der Waals surface area contributed by atoms with E-state index < -0.39 is 5.54 Å². The lowest BCUT2D eigenvalue weighted by molar-refractivity contribution is -0.133. The molecule has 0 spiro atoms. The van der Waals surface area contributed by atoms with E-state index in [1.807, 2.05) is 30.3 Å². The number of rotatable bonds is 6. The zero-order valence-electron chi connectivity index (χ0n) is 13.6. The molecule has 2 N–H and O–H groups in total. The Morgan fingerprint density at radius 1 is 1.25 bits per heavy atom. The van der Waals surface area contributed by atoms with Crippen molar-refractivity contribution in [1.29, 1.82) is 0 Å². The Morgan fingerprint density at radius 3 is 2.62 bits per heavy atom. The molecule has 1 aliphatic rings. The molecule has 1 saturated carbocycles. The van der Waals surface area contributed by atoms with Crippen LogP contribution in [-0.4, -0.2) is 43.9 Å². The smallest absolute Gasteiger partial charge is 0.248 e. The fourth-order valence-electron chi connectivity index (χ4n) is 3.43.